The third-order valence-electron chi connectivity index (χ3n) is 5.19. The van der Waals surface area contributed by atoms with Crippen molar-refractivity contribution in [1.82, 2.24) is 9.78 Å². The van der Waals surface area contributed by atoms with Gasteiger partial charge in [-0.2, -0.15) is 5.10 Å². The fourth-order valence-electron chi connectivity index (χ4n) is 3.16. The van der Waals surface area contributed by atoms with Gasteiger partial charge in [-0.05, 0) is 68.1 Å². The number of nitrogens with zero attached hydrogens (tertiary/aromatic N) is 2. The minimum Gasteiger partial charge on any atom is -0.449 e. The quantitative estimate of drug-likeness (QED) is 0.569. The maximum absolute atomic E-state index is 12.6. The Balaban J connectivity index is 1.64. The van der Waals surface area contributed by atoms with Crippen LogP contribution in [0.25, 0.3) is 5.69 Å². The number of anilines is 1. The molecule has 1 N–H and O–H groups in total. The average Bonchev–Trinajstić information content (AvgIpc) is 3.19. The molecule has 0 aliphatic heterocycles. The molecule has 0 saturated heterocycles. The van der Waals surface area contributed by atoms with Gasteiger partial charge in [-0.15, -0.1) is 0 Å². The number of rotatable bonds is 7. The number of amides is 1. The Morgan fingerprint density at radius 1 is 1.07 bits per heavy atom. The lowest BCUT2D eigenvalue weighted by molar-refractivity contribution is -0.123. The van der Waals surface area contributed by atoms with Crippen LogP contribution in [0.2, 0.25) is 0 Å². The number of ether oxygens (including phenoxy) is 1. The van der Waals surface area contributed by atoms with Crippen molar-refractivity contribution < 1.29 is 14.3 Å². The maximum Gasteiger partial charge on any atom is 0.338 e. The van der Waals surface area contributed by atoms with Gasteiger partial charge in [0.2, 0.25) is 0 Å². The van der Waals surface area contributed by atoms with Crippen molar-refractivity contribution >= 4 is 17.6 Å². The van der Waals surface area contributed by atoms with Crippen LogP contribution in [0, 0.1) is 6.92 Å². The molecule has 6 nitrogen and oxygen atoms in total. The predicted molar refractivity (Wildman–Crippen MR) is 117 cm³/mol. The molecular weight excluding hydrogens is 378 g/mol. The van der Waals surface area contributed by atoms with Gasteiger partial charge in [-0.1, -0.05) is 32.0 Å². The lowest BCUT2D eigenvalue weighted by Crippen LogP contribution is -2.30. The molecule has 0 aliphatic rings. The summed E-state index contributed by atoms with van der Waals surface area (Å²) in [6.45, 7) is 7.74. The van der Waals surface area contributed by atoms with Crippen molar-refractivity contribution in [3.8, 4) is 5.69 Å². The number of para-hydroxylation sites is 1. The first-order valence-corrected chi connectivity index (χ1v) is 10.1. The van der Waals surface area contributed by atoms with E-state index in [-0.39, 0.29) is 5.91 Å². The van der Waals surface area contributed by atoms with Crippen LogP contribution < -0.4 is 5.32 Å². The van der Waals surface area contributed by atoms with Crippen LogP contribution in [0.3, 0.4) is 0 Å². The molecule has 3 rings (SSSR count). The Morgan fingerprint density at radius 2 is 1.77 bits per heavy atom. The van der Waals surface area contributed by atoms with E-state index in [1.54, 1.807) is 42.1 Å². The van der Waals surface area contributed by atoms with Gasteiger partial charge in [0.25, 0.3) is 5.91 Å². The third-order valence-corrected chi connectivity index (χ3v) is 5.19. The molecule has 0 aliphatic carbocycles. The van der Waals surface area contributed by atoms with Crippen molar-refractivity contribution in [1.29, 1.82) is 0 Å². The zero-order valence-corrected chi connectivity index (χ0v) is 17.8. The monoisotopic (exact) mass is 405 g/mol. The van der Waals surface area contributed by atoms with Gasteiger partial charge in [-0.25, -0.2) is 9.48 Å². The minimum absolute atomic E-state index is 0.316. The number of carbonyl (C=O) groups is 2. The van der Waals surface area contributed by atoms with Gasteiger partial charge in [0, 0.05) is 17.6 Å². The van der Waals surface area contributed by atoms with E-state index in [1.807, 2.05) is 37.3 Å². The first kappa shape index (κ1) is 21.3. The maximum atomic E-state index is 12.6. The summed E-state index contributed by atoms with van der Waals surface area (Å²) >= 11 is 0. The largest absolute Gasteiger partial charge is 0.449 e. The Labute approximate surface area is 176 Å². The second-order valence-electron chi connectivity index (χ2n) is 7.36. The van der Waals surface area contributed by atoms with E-state index in [1.165, 1.54) is 0 Å². The molecule has 0 radical (unpaired) electrons. The second kappa shape index (κ2) is 9.39. The Morgan fingerprint density at radius 3 is 2.40 bits per heavy atom. The lowest BCUT2D eigenvalue weighted by atomic mass is 9.97. The summed E-state index contributed by atoms with van der Waals surface area (Å²) in [6.07, 6.45) is 1.76. The zero-order chi connectivity index (χ0) is 21.7. The molecule has 1 aromatic heterocycles. The first-order valence-electron chi connectivity index (χ1n) is 10.1. The van der Waals surface area contributed by atoms with Crippen LogP contribution in [-0.4, -0.2) is 27.8 Å². The third kappa shape index (κ3) is 4.76. The molecule has 1 amide bonds. The number of hydrogen-bond donors (Lipinski definition) is 1. The average molecular weight is 405 g/mol. The fraction of sp³-hybridized carbons (Fsp3) is 0.292. The number of esters is 1. The van der Waals surface area contributed by atoms with Crippen LogP contribution in [0.4, 0.5) is 5.69 Å². The summed E-state index contributed by atoms with van der Waals surface area (Å²) in [5, 5.41) is 7.13. The summed E-state index contributed by atoms with van der Waals surface area (Å²) in [6, 6.07) is 16.5. The molecule has 0 spiro atoms. The van der Waals surface area contributed by atoms with Gasteiger partial charge in [0.1, 0.15) is 0 Å². The molecule has 2 atom stereocenters. The highest BCUT2D eigenvalue weighted by Crippen LogP contribution is 2.26. The van der Waals surface area contributed by atoms with Crippen molar-refractivity contribution in [2.75, 3.05) is 5.32 Å². The smallest absolute Gasteiger partial charge is 0.338 e. The van der Waals surface area contributed by atoms with E-state index in [0.29, 0.717) is 11.5 Å². The van der Waals surface area contributed by atoms with Gasteiger partial charge in [-0.3, -0.25) is 4.79 Å². The van der Waals surface area contributed by atoms with E-state index in [0.717, 1.165) is 29.1 Å². The van der Waals surface area contributed by atoms with Crippen molar-refractivity contribution in [3.05, 3.63) is 77.6 Å². The second-order valence-corrected chi connectivity index (χ2v) is 7.36. The molecule has 2 aromatic carbocycles. The van der Waals surface area contributed by atoms with E-state index in [9.17, 15) is 9.59 Å². The summed E-state index contributed by atoms with van der Waals surface area (Å²) in [5.74, 6) is -0.587. The minimum atomic E-state index is -0.921. The van der Waals surface area contributed by atoms with E-state index in [4.69, 9.17) is 4.74 Å². The van der Waals surface area contributed by atoms with Gasteiger partial charge in [0.05, 0.1) is 11.3 Å². The van der Waals surface area contributed by atoms with Gasteiger partial charge in [0.15, 0.2) is 6.10 Å². The lowest BCUT2D eigenvalue weighted by Gasteiger charge is -2.18. The molecular formula is C24H27N3O3. The van der Waals surface area contributed by atoms with E-state index in [2.05, 4.69) is 24.3 Å². The highest BCUT2D eigenvalue weighted by atomic mass is 16.5. The van der Waals surface area contributed by atoms with E-state index < -0.39 is 12.1 Å². The summed E-state index contributed by atoms with van der Waals surface area (Å²) in [4.78, 5) is 25.1. The molecule has 3 aromatic rings. The highest BCUT2D eigenvalue weighted by molar-refractivity contribution is 5.97. The molecule has 30 heavy (non-hydrogen) atoms. The Bertz CT molecular complexity index is 1020. The summed E-state index contributed by atoms with van der Waals surface area (Å²) < 4.78 is 7.16. The van der Waals surface area contributed by atoms with Crippen molar-refractivity contribution in [2.24, 2.45) is 0 Å². The number of aryl methyl sites for hydroxylation is 1. The van der Waals surface area contributed by atoms with Gasteiger partial charge >= 0.3 is 5.97 Å². The number of nitrogens with one attached hydrogen (secondary N) is 1. The predicted octanol–water partition coefficient (Wildman–Crippen LogP) is 4.88. The molecule has 0 bridgehead atoms. The Kier molecular flexibility index (Phi) is 6.67. The number of carbonyl (C=O) groups excluding carboxylic acids is 2. The van der Waals surface area contributed by atoms with Crippen LogP contribution >= 0.6 is 0 Å². The molecule has 0 unspecified atom stereocenters. The SMILES string of the molecule is CC[C@@H](C)c1ccccc1NC(=O)[C@@H](C)OC(=O)c1ccc(-n2nccc2C)cc1. The molecule has 6 heteroatoms. The number of benzene rings is 2. The fourth-order valence-corrected chi connectivity index (χ4v) is 3.16. The van der Waals surface area contributed by atoms with Crippen LogP contribution in [-0.2, 0) is 9.53 Å². The van der Waals surface area contributed by atoms with Crippen LogP contribution in [0.1, 0.15) is 54.7 Å². The number of aromatic nitrogens is 2. The number of hydrogen-bond acceptors (Lipinski definition) is 4. The zero-order valence-electron chi connectivity index (χ0n) is 17.8. The van der Waals surface area contributed by atoms with Gasteiger partial charge < -0.3 is 10.1 Å². The normalized spacial score (nSPS) is 12.8. The Hall–Kier alpha value is -3.41. The summed E-state index contributed by atoms with van der Waals surface area (Å²) in [5.41, 5.74) is 4.04. The topological polar surface area (TPSA) is 73.2 Å². The molecule has 0 saturated carbocycles. The summed E-state index contributed by atoms with van der Waals surface area (Å²) in [7, 11) is 0. The van der Waals surface area contributed by atoms with E-state index >= 15 is 0 Å². The molecule has 0 fully saturated rings. The van der Waals surface area contributed by atoms with Crippen molar-refractivity contribution in [2.45, 2.75) is 46.1 Å². The van der Waals surface area contributed by atoms with Crippen LogP contribution in [0.15, 0.2) is 60.8 Å². The standard InChI is InChI=1S/C24H27N3O3/c1-5-16(2)21-8-6-7-9-22(21)26-23(28)18(4)30-24(29)19-10-12-20(13-11-19)27-17(3)14-15-25-27/h6-16,18H,5H2,1-4H3,(H,26,28)/t16-,18-/m1/s1. The van der Waals surface area contributed by atoms with Crippen LogP contribution in [0.5, 0.6) is 0 Å². The highest BCUT2D eigenvalue weighted by Gasteiger charge is 2.20. The first-order chi connectivity index (χ1) is 14.4. The molecule has 156 valence electrons. The molecule has 1 heterocycles. The van der Waals surface area contributed by atoms with Crippen molar-refractivity contribution in [3.63, 3.8) is 0 Å².